The predicted octanol–water partition coefficient (Wildman–Crippen LogP) is 4.12. The van der Waals surface area contributed by atoms with Crippen LogP contribution in [0.1, 0.15) is 11.1 Å². The summed E-state index contributed by atoms with van der Waals surface area (Å²) in [6.07, 6.45) is -7.00. The number of ether oxygens (including phenoxy) is 1. The summed E-state index contributed by atoms with van der Waals surface area (Å²) in [5, 5.41) is 2.55. The van der Waals surface area contributed by atoms with Crippen LogP contribution >= 0.6 is 11.6 Å². The number of nitrogens with zero attached hydrogens (tertiary/aromatic N) is 4. The fourth-order valence-corrected chi connectivity index (χ4v) is 3.27. The third kappa shape index (κ3) is 7.01. The molecule has 33 heavy (non-hydrogen) atoms. The van der Waals surface area contributed by atoms with Gasteiger partial charge in [0.15, 0.2) is 6.61 Å². The summed E-state index contributed by atoms with van der Waals surface area (Å²) in [6, 6.07) is 3.19. The lowest BCUT2D eigenvalue weighted by Gasteiger charge is -2.35. The van der Waals surface area contributed by atoms with Gasteiger partial charge in [0.05, 0.1) is 10.6 Å². The molecule has 3 heterocycles. The molecule has 0 bridgehead atoms. The van der Waals surface area contributed by atoms with Crippen LogP contribution in [0, 0.1) is 0 Å². The third-order valence-electron chi connectivity index (χ3n) is 4.64. The lowest BCUT2D eigenvalue weighted by Crippen LogP contribution is -2.52. The minimum absolute atomic E-state index is 0.0951. The van der Waals surface area contributed by atoms with Crippen LogP contribution in [-0.2, 0) is 12.7 Å². The summed E-state index contributed by atoms with van der Waals surface area (Å²) in [5.74, 6) is 0.0256. The van der Waals surface area contributed by atoms with Gasteiger partial charge in [0.2, 0.25) is 5.88 Å². The largest absolute Gasteiger partial charge is 0.468 e. The number of hydrogen-bond acceptors (Lipinski definition) is 5. The molecular formula is C19H18ClF6N5O2. The number of aromatic nitrogens is 2. The number of anilines is 1. The highest BCUT2D eigenvalue weighted by molar-refractivity contribution is 6.33. The van der Waals surface area contributed by atoms with Crippen molar-refractivity contribution in [1.29, 1.82) is 0 Å². The summed E-state index contributed by atoms with van der Waals surface area (Å²) >= 11 is 5.97. The number of pyridine rings is 2. The molecule has 1 aliphatic heterocycles. The standard InChI is InChI=1S/C19H18ClF6N5O2/c20-14-7-13(19(24,25)26)10-28-16(14)30-3-5-31(6-4-30)17(32)29-9-12-1-2-15(27-8-12)33-11-18(21,22)23/h1-2,7-8,10H,3-6,9,11H2,(H,29,32). The van der Waals surface area contributed by atoms with Gasteiger partial charge in [-0.05, 0) is 11.6 Å². The molecule has 3 rings (SSSR count). The van der Waals surface area contributed by atoms with Crippen molar-refractivity contribution >= 4 is 23.4 Å². The quantitative estimate of drug-likeness (QED) is 0.629. The van der Waals surface area contributed by atoms with Gasteiger partial charge in [-0.2, -0.15) is 26.3 Å². The Morgan fingerprint density at radius 1 is 1.06 bits per heavy atom. The first-order valence-corrected chi connectivity index (χ1v) is 9.95. The molecule has 0 atom stereocenters. The molecule has 1 fully saturated rings. The van der Waals surface area contributed by atoms with Crippen LogP contribution in [0.4, 0.5) is 37.0 Å². The number of alkyl halides is 6. The van der Waals surface area contributed by atoms with Crippen molar-refractivity contribution in [3.05, 3.63) is 46.7 Å². The van der Waals surface area contributed by atoms with E-state index in [1.165, 1.54) is 23.2 Å². The molecule has 0 unspecified atom stereocenters. The molecule has 0 radical (unpaired) electrons. The van der Waals surface area contributed by atoms with Crippen molar-refractivity contribution in [1.82, 2.24) is 20.2 Å². The molecule has 0 aromatic carbocycles. The van der Waals surface area contributed by atoms with Crippen molar-refractivity contribution < 1.29 is 35.9 Å². The summed E-state index contributed by atoms with van der Waals surface area (Å²) in [7, 11) is 0. The first-order chi connectivity index (χ1) is 15.4. The van der Waals surface area contributed by atoms with Crippen LogP contribution < -0.4 is 15.0 Å². The first-order valence-electron chi connectivity index (χ1n) is 9.57. The number of hydrogen-bond donors (Lipinski definition) is 1. The van der Waals surface area contributed by atoms with Crippen molar-refractivity contribution in [2.45, 2.75) is 18.9 Å². The van der Waals surface area contributed by atoms with E-state index < -0.39 is 24.5 Å². The monoisotopic (exact) mass is 497 g/mol. The molecule has 2 aromatic rings. The van der Waals surface area contributed by atoms with Crippen LogP contribution in [-0.4, -0.2) is 59.9 Å². The number of carbonyl (C=O) groups is 1. The summed E-state index contributed by atoms with van der Waals surface area (Å²) in [4.78, 5) is 23.2. The van der Waals surface area contributed by atoms with Gasteiger partial charge < -0.3 is 19.9 Å². The Morgan fingerprint density at radius 2 is 1.76 bits per heavy atom. The minimum Gasteiger partial charge on any atom is -0.468 e. The number of piperazine rings is 1. The van der Waals surface area contributed by atoms with E-state index in [9.17, 15) is 31.1 Å². The van der Waals surface area contributed by atoms with E-state index >= 15 is 0 Å². The average Bonchev–Trinajstić information content (AvgIpc) is 2.76. The van der Waals surface area contributed by atoms with Crippen molar-refractivity contribution in [2.24, 2.45) is 0 Å². The molecule has 0 spiro atoms. The number of carbonyl (C=O) groups excluding carboxylic acids is 1. The molecule has 180 valence electrons. The Morgan fingerprint density at radius 3 is 2.30 bits per heavy atom. The second-order valence-electron chi connectivity index (χ2n) is 7.07. The van der Waals surface area contributed by atoms with E-state index in [1.807, 2.05) is 0 Å². The lowest BCUT2D eigenvalue weighted by molar-refractivity contribution is -0.154. The second-order valence-corrected chi connectivity index (χ2v) is 7.48. The van der Waals surface area contributed by atoms with Crippen LogP contribution in [0.15, 0.2) is 30.6 Å². The summed E-state index contributed by atoms with van der Waals surface area (Å²) in [5.41, 5.74) is -0.384. The van der Waals surface area contributed by atoms with Gasteiger partial charge in [0.1, 0.15) is 5.82 Å². The zero-order valence-corrected chi connectivity index (χ0v) is 17.6. The maximum Gasteiger partial charge on any atom is 0.422 e. The lowest BCUT2D eigenvalue weighted by atomic mass is 10.2. The van der Waals surface area contributed by atoms with E-state index in [0.29, 0.717) is 24.8 Å². The predicted molar refractivity (Wildman–Crippen MR) is 106 cm³/mol. The van der Waals surface area contributed by atoms with Gasteiger partial charge >= 0.3 is 18.4 Å². The maximum absolute atomic E-state index is 12.8. The molecule has 2 amide bonds. The smallest absolute Gasteiger partial charge is 0.422 e. The van der Waals surface area contributed by atoms with Gasteiger partial charge in [-0.15, -0.1) is 0 Å². The molecule has 1 aliphatic rings. The number of nitrogens with one attached hydrogen (secondary N) is 1. The second kappa shape index (κ2) is 9.89. The SMILES string of the molecule is O=C(NCc1ccc(OCC(F)(F)F)nc1)N1CCN(c2ncc(C(F)(F)F)cc2Cl)CC1. The number of rotatable bonds is 5. The van der Waals surface area contributed by atoms with Gasteiger partial charge in [-0.1, -0.05) is 17.7 Å². The Labute approximate surface area is 189 Å². The highest BCUT2D eigenvalue weighted by Gasteiger charge is 2.32. The number of urea groups is 1. The van der Waals surface area contributed by atoms with Crippen molar-refractivity contribution in [3.8, 4) is 5.88 Å². The molecule has 0 saturated carbocycles. The maximum atomic E-state index is 12.8. The van der Waals surface area contributed by atoms with E-state index in [-0.39, 0.29) is 42.4 Å². The molecule has 14 heteroatoms. The Balaban J connectivity index is 1.47. The van der Waals surface area contributed by atoms with Crippen LogP contribution in [0.2, 0.25) is 5.02 Å². The molecule has 1 N–H and O–H groups in total. The number of halogens is 7. The zero-order chi connectivity index (χ0) is 24.2. The minimum atomic E-state index is -4.54. The topological polar surface area (TPSA) is 70.6 Å². The molecular weight excluding hydrogens is 480 g/mol. The average molecular weight is 498 g/mol. The zero-order valence-electron chi connectivity index (χ0n) is 16.9. The van der Waals surface area contributed by atoms with Crippen LogP contribution in [0.5, 0.6) is 5.88 Å². The fourth-order valence-electron chi connectivity index (χ4n) is 2.99. The molecule has 1 saturated heterocycles. The highest BCUT2D eigenvalue weighted by Crippen LogP contribution is 2.33. The third-order valence-corrected chi connectivity index (χ3v) is 4.92. The Hall–Kier alpha value is -2.96. The van der Waals surface area contributed by atoms with Gasteiger partial charge in [-0.3, -0.25) is 0 Å². The molecule has 7 nitrogen and oxygen atoms in total. The summed E-state index contributed by atoms with van der Waals surface area (Å²) < 4.78 is 79.2. The normalized spacial score (nSPS) is 14.9. The van der Waals surface area contributed by atoms with Crippen LogP contribution in [0.3, 0.4) is 0 Å². The number of amides is 2. The molecule has 0 aliphatic carbocycles. The highest BCUT2D eigenvalue weighted by atomic mass is 35.5. The van der Waals surface area contributed by atoms with Gasteiger partial charge in [0, 0.05) is 51.2 Å². The van der Waals surface area contributed by atoms with Crippen molar-refractivity contribution in [2.75, 3.05) is 37.7 Å². The fraction of sp³-hybridized carbons (Fsp3) is 0.421. The first kappa shape index (κ1) is 24.7. The van der Waals surface area contributed by atoms with Crippen molar-refractivity contribution in [3.63, 3.8) is 0 Å². The van der Waals surface area contributed by atoms with E-state index in [1.54, 1.807) is 4.90 Å². The van der Waals surface area contributed by atoms with Gasteiger partial charge in [-0.25, -0.2) is 14.8 Å². The van der Waals surface area contributed by atoms with E-state index in [4.69, 9.17) is 11.6 Å². The summed E-state index contributed by atoms with van der Waals surface area (Å²) in [6.45, 7) is -0.148. The Bertz CT molecular complexity index is 963. The Kier molecular flexibility index (Phi) is 7.40. The van der Waals surface area contributed by atoms with E-state index in [0.717, 1.165) is 6.07 Å². The van der Waals surface area contributed by atoms with Crippen LogP contribution in [0.25, 0.3) is 0 Å². The molecule has 2 aromatic heterocycles. The van der Waals surface area contributed by atoms with E-state index in [2.05, 4.69) is 20.0 Å². The van der Waals surface area contributed by atoms with Gasteiger partial charge in [0.25, 0.3) is 0 Å².